The molecule has 2 aromatic rings. The summed E-state index contributed by atoms with van der Waals surface area (Å²) in [4.78, 5) is 2.14. The van der Waals surface area contributed by atoms with Crippen molar-refractivity contribution in [2.45, 2.75) is 32.4 Å². The second-order valence-electron chi connectivity index (χ2n) is 5.76. The summed E-state index contributed by atoms with van der Waals surface area (Å²) in [5, 5.41) is 0. The molecule has 2 nitrogen and oxygen atoms in total. The van der Waals surface area contributed by atoms with E-state index in [-0.39, 0.29) is 11.9 Å². The molecule has 110 valence electrons. The fourth-order valence-electron chi connectivity index (χ4n) is 3.12. The Labute approximate surface area is 125 Å². The first kappa shape index (κ1) is 14.1. The molecule has 3 rings (SSSR count). The molecule has 21 heavy (non-hydrogen) atoms. The Bertz CT molecular complexity index is 637. The van der Waals surface area contributed by atoms with Gasteiger partial charge in [-0.25, -0.2) is 4.39 Å². The molecule has 2 N–H and O–H groups in total. The van der Waals surface area contributed by atoms with E-state index in [0.717, 1.165) is 31.5 Å². The number of nitrogens with two attached hydrogens (primary N) is 1. The maximum Gasteiger partial charge on any atom is 0.146 e. The van der Waals surface area contributed by atoms with Crippen molar-refractivity contribution in [1.29, 1.82) is 0 Å². The van der Waals surface area contributed by atoms with Crippen LogP contribution in [0.5, 0.6) is 0 Å². The molecular formula is C18H21FN2. The van der Waals surface area contributed by atoms with Crippen LogP contribution >= 0.6 is 0 Å². The van der Waals surface area contributed by atoms with Gasteiger partial charge in [-0.3, -0.25) is 0 Å². The van der Waals surface area contributed by atoms with Gasteiger partial charge in [-0.05, 0) is 42.5 Å². The number of hydrogen-bond acceptors (Lipinski definition) is 2. The molecule has 1 aliphatic heterocycles. The smallest absolute Gasteiger partial charge is 0.146 e. The van der Waals surface area contributed by atoms with Crippen molar-refractivity contribution in [2.24, 2.45) is 5.73 Å². The number of aryl methyl sites for hydroxylation is 1. The van der Waals surface area contributed by atoms with Crippen LogP contribution in [0.15, 0.2) is 42.5 Å². The zero-order valence-corrected chi connectivity index (χ0v) is 12.3. The van der Waals surface area contributed by atoms with E-state index in [1.165, 1.54) is 17.2 Å². The van der Waals surface area contributed by atoms with Gasteiger partial charge >= 0.3 is 0 Å². The summed E-state index contributed by atoms with van der Waals surface area (Å²) in [6.45, 7) is 3.51. The molecule has 0 amide bonds. The molecule has 0 saturated carbocycles. The third kappa shape index (κ3) is 2.79. The Morgan fingerprint density at radius 1 is 1.10 bits per heavy atom. The molecule has 1 heterocycles. The highest BCUT2D eigenvalue weighted by molar-refractivity contribution is 5.57. The van der Waals surface area contributed by atoms with E-state index in [9.17, 15) is 4.39 Å². The number of para-hydroxylation sites is 1. The quantitative estimate of drug-likeness (QED) is 0.909. The van der Waals surface area contributed by atoms with Crippen LogP contribution in [0.25, 0.3) is 0 Å². The summed E-state index contributed by atoms with van der Waals surface area (Å²) in [7, 11) is 0. The number of fused-ring (bicyclic) bond motifs is 1. The summed E-state index contributed by atoms with van der Waals surface area (Å²) in [6.07, 6.45) is 2.08. The van der Waals surface area contributed by atoms with Crippen LogP contribution in [0.3, 0.4) is 0 Å². The van der Waals surface area contributed by atoms with Gasteiger partial charge in [-0.15, -0.1) is 0 Å². The highest BCUT2D eigenvalue weighted by Gasteiger charge is 2.21. The minimum Gasteiger partial charge on any atom is -0.365 e. The van der Waals surface area contributed by atoms with E-state index < -0.39 is 0 Å². The SMILES string of the molecule is C[C@@H](N)c1cccc(F)c1N1CCCc2ccccc2C1. The van der Waals surface area contributed by atoms with Gasteiger partial charge in [-0.1, -0.05) is 36.4 Å². The van der Waals surface area contributed by atoms with Gasteiger partial charge in [0.25, 0.3) is 0 Å². The number of hydrogen-bond donors (Lipinski definition) is 1. The Balaban J connectivity index is 2.02. The molecular weight excluding hydrogens is 263 g/mol. The molecule has 0 radical (unpaired) electrons. The van der Waals surface area contributed by atoms with Gasteiger partial charge in [-0.2, -0.15) is 0 Å². The first-order chi connectivity index (χ1) is 10.2. The van der Waals surface area contributed by atoms with E-state index in [1.54, 1.807) is 6.07 Å². The summed E-state index contributed by atoms with van der Waals surface area (Å²) < 4.78 is 14.4. The van der Waals surface area contributed by atoms with Crippen molar-refractivity contribution >= 4 is 5.69 Å². The number of benzene rings is 2. The Morgan fingerprint density at radius 3 is 2.62 bits per heavy atom. The fraction of sp³-hybridized carbons (Fsp3) is 0.333. The molecule has 0 fully saturated rings. The minimum absolute atomic E-state index is 0.172. The van der Waals surface area contributed by atoms with Crippen LogP contribution in [0.4, 0.5) is 10.1 Å². The lowest BCUT2D eigenvalue weighted by Crippen LogP contribution is -2.26. The van der Waals surface area contributed by atoms with Gasteiger partial charge in [0.2, 0.25) is 0 Å². The molecule has 0 saturated heterocycles. The van der Waals surface area contributed by atoms with Gasteiger partial charge in [0.1, 0.15) is 5.82 Å². The largest absolute Gasteiger partial charge is 0.365 e. The molecule has 1 atom stereocenters. The zero-order valence-electron chi connectivity index (χ0n) is 12.3. The van der Waals surface area contributed by atoms with Gasteiger partial charge in [0.15, 0.2) is 0 Å². The van der Waals surface area contributed by atoms with E-state index in [1.807, 2.05) is 13.0 Å². The molecule has 0 unspecified atom stereocenters. The highest BCUT2D eigenvalue weighted by Crippen LogP contribution is 2.31. The molecule has 0 spiro atoms. The van der Waals surface area contributed by atoms with E-state index in [4.69, 9.17) is 5.73 Å². The highest BCUT2D eigenvalue weighted by atomic mass is 19.1. The van der Waals surface area contributed by atoms with Crippen molar-refractivity contribution in [3.8, 4) is 0 Å². The van der Waals surface area contributed by atoms with E-state index in [2.05, 4.69) is 29.2 Å². The molecule has 1 aliphatic rings. The van der Waals surface area contributed by atoms with Gasteiger partial charge < -0.3 is 10.6 Å². The molecule has 3 heteroatoms. The standard InChI is InChI=1S/C18H21FN2/c1-13(20)16-9-4-10-17(19)18(16)21-11-5-8-14-6-2-3-7-15(14)12-21/h2-4,6-7,9-10,13H,5,8,11-12,20H2,1H3/t13-/m1/s1. The van der Waals surface area contributed by atoms with Crippen LogP contribution < -0.4 is 10.6 Å². The second kappa shape index (κ2) is 5.86. The lowest BCUT2D eigenvalue weighted by Gasteiger charge is -2.27. The first-order valence-corrected chi connectivity index (χ1v) is 7.52. The zero-order chi connectivity index (χ0) is 14.8. The lowest BCUT2D eigenvalue weighted by molar-refractivity contribution is 0.608. The van der Waals surface area contributed by atoms with Crippen LogP contribution in [0, 0.1) is 5.82 Å². The summed E-state index contributed by atoms with van der Waals surface area (Å²) >= 11 is 0. The molecule has 2 aromatic carbocycles. The van der Waals surface area contributed by atoms with Crippen LogP contribution in [-0.2, 0) is 13.0 Å². The predicted octanol–water partition coefficient (Wildman–Crippen LogP) is 3.80. The number of anilines is 1. The van der Waals surface area contributed by atoms with Crippen LogP contribution in [0.1, 0.15) is 36.1 Å². The third-order valence-corrected chi connectivity index (χ3v) is 4.18. The Kier molecular flexibility index (Phi) is 3.93. The maximum atomic E-state index is 14.4. The minimum atomic E-state index is -0.177. The van der Waals surface area contributed by atoms with Crippen molar-refractivity contribution < 1.29 is 4.39 Å². The Hall–Kier alpha value is -1.87. The fourth-order valence-corrected chi connectivity index (χ4v) is 3.12. The molecule has 0 bridgehead atoms. The second-order valence-corrected chi connectivity index (χ2v) is 5.76. The lowest BCUT2D eigenvalue weighted by atomic mass is 10.0. The first-order valence-electron chi connectivity index (χ1n) is 7.52. The van der Waals surface area contributed by atoms with Crippen molar-refractivity contribution in [2.75, 3.05) is 11.4 Å². The monoisotopic (exact) mass is 284 g/mol. The van der Waals surface area contributed by atoms with Gasteiger partial charge in [0.05, 0.1) is 5.69 Å². The number of rotatable bonds is 2. The van der Waals surface area contributed by atoms with Crippen molar-refractivity contribution in [3.63, 3.8) is 0 Å². The Morgan fingerprint density at radius 2 is 1.86 bits per heavy atom. The maximum absolute atomic E-state index is 14.4. The van der Waals surface area contributed by atoms with Gasteiger partial charge in [0, 0.05) is 19.1 Å². The molecule has 0 aromatic heterocycles. The average Bonchev–Trinajstić information content (AvgIpc) is 2.68. The van der Waals surface area contributed by atoms with E-state index in [0.29, 0.717) is 5.69 Å². The predicted molar refractivity (Wildman–Crippen MR) is 84.8 cm³/mol. The average molecular weight is 284 g/mol. The van der Waals surface area contributed by atoms with Crippen LogP contribution in [-0.4, -0.2) is 6.54 Å². The van der Waals surface area contributed by atoms with Crippen LogP contribution in [0.2, 0.25) is 0 Å². The molecule has 0 aliphatic carbocycles. The summed E-state index contributed by atoms with van der Waals surface area (Å²) in [5.41, 5.74) is 10.2. The van der Waals surface area contributed by atoms with Crippen molar-refractivity contribution in [1.82, 2.24) is 0 Å². The summed E-state index contributed by atoms with van der Waals surface area (Å²) in [5.74, 6) is -0.177. The third-order valence-electron chi connectivity index (χ3n) is 4.18. The van der Waals surface area contributed by atoms with E-state index >= 15 is 0 Å². The van der Waals surface area contributed by atoms with Crippen molar-refractivity contribution in [3.05, 3.63) is 65.0 Å². The number of nitrogens with zero attached hydrogens (tertiary/aromatic N) is 1. The topological polar surface area (TPSA) is 29.3 Å². The normalized spacial score (nSPS) is 16.2. The summed E-state index contributed by atoms with van der Waals surface area (Å²) in [6, 6.07) is 13.5. The number of halogens is 1.